The van der Waals surface area contributed by atoms with E-state index in [1.54, 1.807) is 14.2 Å². The molecule has 29 heavy (non-hydrogen) atoms. The maximum absolute atomic E-state index is 12.9. The minimum atomic E-state index is -5.21. The molecule has 0 aromatic carbocycles. The maximum Gasteiger partial charge on any atom is 0.313 e. The lowest BCUT2D eigenvalue weighted by Crippen LogP contribution is -2.63. The Balaban J connectivity index is 6.61. The molecule has 0 fully saturated rings. The Morgan fingerprint density at radius 3 is 1.31 bits per heavy atom. The average molecular weight is 469 g/mol. The van der Waals surface area contributed by atoms with Crippen LogP contribution in [0, 0.1) is 34.0 Å². The number of hydrogen-bond acceptors (Lipinski definition) is 9. The first-order chi connectivity index (χ1) is 13.5. The predicted octanol–water partition coefficient (Wildman–Crippen LogP) is -0.670. The molecule has 0 aromatic rings. The standard InChI is InChI=1S/C14H24N6O6S3/c1-2-3-4-5-6-7-14(27(21,22)18-11-8-15,28(23,24)19-12-9-16)29(25,26)20-13-10-17/h18-20H,2-7,11-13H2,1H3. The lowest BCUT2D eigenvalue weighted by atomic mass is 10.1. The first-order valence-electron chi connectivity index (χ1n) is 8.58. The number of rotatable bonds is 15. The van der Waals surface area contributed by atoms with Gasteiger partial charge in [-0.3, -0.25) is 0 Å². The zero-order chi connectivity index (χ0) is 22.6. The molecule has 0 aliphatic carbocycles. The summed E-state index contributed by atoms with van der Waals surface area (Å²) in [5.74, 6) is 0. The molecule has 0 heterocycles. The largest absolute Gasteiger partial charge is 0.313 e. The first-order valence-corrected chi connectivity index (χ1v) is 13.0. The van der Waals surface area contributed by atoms with Gasteiger partial charge in [0.2, 0.25) is 0 Å². The van der Waals surface area contributed by atoms with E-state index < -0.39 is 59.5 Å². The Bertz CT molecular complexity index is 853. The number of sulfonamides is 3. The summed E-state index contributed by atoms with van der Waals surface area (Å²) in [6.07, 6.45) is 1.65. The zero-order valence-electron chi connectivity index (χ0n) is 15.9. The third kappa shape index (κ3) is 6.60. The monoisotopic (exact) mass is 468 g/mol. The van der Waals surface area contributed by atoms with Gasteiger partial charge in [0.25, 0.3) is 30.1 Å². The van der Waals surface area contributed by atoms with Crippen LogP contribution in [0.1, 0.15) is 45.4 Å². The third-order valence-corrected chi connectivity index (χ3v) is 12.4. The van der Waals surface area contributed by atoms with E-state index in [4.69, 9.17) is 15.8 Å². The van der Waals surface area contributed by atoms with Gasteiger partial charge in [0.1, 0.15) is 0 Å². The van der Waals surface area contributed by atoms with Gasteiger partial charge in [-0.05, 0) is 6.42 Å². The Kier molecular flexibility index (Phi) is 11.3. The van der Waals surface area contributed by atoms with Crippen LogP contribution in [0.25, 0.3) is 0 Å². The molecule has 0 saturated carbocycles. The van der Waals surface area contributed by atoms with Crippen molar-refractivity contribution in [1.29, 1.82) is 15.8 Å². The van der Waals surface area contributed by atoms with Gasteiger partial charge in [0.15, 0.2) is 0 Å². The summed E-state index contributed by atoms with van der Waals surface area (Å²) in [5, 5.41) is 26.0. The van der Waals surface area contributed by atoms with Crippen LogP contribution in [0.5, 0.6) is 0 Å². The molecule has 0 aliphatic rings. The molecular weight excluding hydrogens is 444 g/mol. The zero-order valence-corrected chi connectivity index (χ0v) is 18.3. The molecule has 15 heteroatoms. The molecule has 0 rings (SSSR count). The molecule has 0 saturated heterocycles. The fourth-order valence-corrected chi connectivity index (χ4v) is 9.68. The fourth-order valence-electron chi connectivity index (χ4n) is 2.49. The molecule has 0 bridgehead atoms. The normalized spacial score (nSPS) is 12.6. The average Bonchev–Trinajstić information content (AvgIpc) is 2.65. The van der Waals surface area contributed by atoms with Crippen molar-refractivity contribution in [2.75, 3.05) is 19.6 Å². The molecule has 0 unspecified atom stereocenters. The van der Waals surface area contributed by atoms with Crippen molar-refractivity contribution >= 4 is 30.1 Å². The van der Waals surface area contributed by atoms with E-state index in [1.165, 1.54) is 18.2 Å². The first kappa shape index (κ1) is 27.2. The van der Waals surface area contributed by atoms with Crippen LogP contribution in [0.2, 0.25) is 0 Å². The van der Waals surface area contributed by atoms with E-state index in [9.17, 15) is 25.3 Å². The van der Waals surface area contributed by atoms with Crippen LogP contribution >= 0.6 is 0 Å². The van der Waals surface area contributed by atoms with Crippen molar-refractivity contribution in [3.63, 3.8) is 0 Å². The van der Waals surface area contributed by atoms with Gasteiger partial charge in [-0.15, -0.1) is 0 Å². The topological polar surface area (TPSA) is 210 Å². The van der Waals surface area contributed by atoms with E-state index in [0.717, 1.165) is 12.8 Å². The molecule has 12 nitrogen and oxygen atoms in total. The molecule has 0 aromatic heterocycles. The number of nitrogens with one attached hydrogen (secondary N) is 3. The van der Waals surface area contributed by atoms with Crippen molar-refractivity contribution in [3.8, 4) is 18.2 Å². The Labute approximate surface area is 172 Å². The van der Waals surface area contributed by atoms with Crippen LogP contribution in [0.4, 0.5) is 0 Å². The van der Waals surface area contributed by atoms with Gasteiger partial charge in [-0.2, -0.15) is 30.0 Å². The summed E-state index contributed by atoms with van der Waals surface area (Å²) in [4.78, 5) is 0. The van der Waals surface area contributed by atoms with Crippen LogP contribution < -0.4 is 14.2 Å². The highest BCUT2D eigenvalue weighted by atomic mass is 32.3. The van der Waals surface area contributed by atoms with E-state index in [1.807, 2.05) is 6.92 Å². The van der Waals surface area contributed by atoms with E-state index in [2.05, 4.69) is 0 Å². The second-order valence-corrected chi connectivity index (χ2v) is 12.5. The lowest BCUT2D eigenvalue weighted by molar-refractivity contribution is 0.513. The van der Waals surface area contributed by atoms with Gasteiger partial charge < -0.3 is 0 Å². The molecule has 0 spiro atoms. The molecular formula is C14H24N6O6S3. The number of hydrogen-bond donors (Lipinski definition) is 3. The van der Waals surface area contributed by atoms with Gasteiger partial charge in [-0.25, -0.2) is 25.3 Å². The minimum Gasteiger partial charge on any atom is -0.209 e. The Morgan fingerprint density at radius 2 is 1.00 bits per heavy atom. The van der Waals surface area contributed by atoms with Crippen molar-refractivity contribution < 1.29 is 25.3 Å². The van der Waals surface area contributed by atoms with Gasteiger partial charge in [0, 0.05) is 6.42 Å². The lowest BCUT2D eigenvalue weighted by Gasteiger charge is -2.31. The summed E-state index contributed by atoms with van der Waals surface area (Å²) in [6.45, 7) is -0.697. The van der Waals surface area contributed by atoms with Gasteiger partial charge in [0.05, 0.1) is 37.8 Å². The van der Waals surface area contributed by atoms with Crippen LogP contribution in [-0.2, 0) is 30.1 Å². The number of unbranched alkanes of at least 4 members (excludes halogenated alkanes) is 4. The summed E-state index contributed by atoms with van der Waals surface area (Å²) in [6, 6.07) is 4.33. The number of nitrogens with zero attached hydrogens (tertiary/aromatic N) is 3. The number of nitriles is 3. The fraction of sp³-hybridized carbons (Fsp3) is 0.786. The van der Waals surface area contributed by atoms with Crippen LogP contribution in [-0.4, -0.2) is 48.3 Å². The third-order valence-electron chi connectivity index (χ3n) is 3.84. The quantitative estimate of drug-likeness (QED) is 0.205. The van der Waals surface area contributed by atoms with Gasteiger partial charge >= 0.3 is 3.41 Å². The van der Waals surface area contributed by atoms with Crippen molar-refractivity contribution in [3.05, 3.63) is 0 Å². The van der Waals surface area contributed by atoms with Crippen molar-refractivity contribution in [1.82, 2.24) is 14.2 Å². The molecule has 3 N–H and O–H groups in total. The minimum absolute atomic E-state index is 0.0889. The highest BCUT2D eigenvalue weighted by Crippen LogP contribution is 2.35. The molecule has 0 amide bonds. The summed E-state index contributed by atoms with van der Waals surface area (Å²) in [7, 11) is -15.6. The van der Waals surface area contributed by atoms with Crippen molar-refractivity contribution in [2.24, 2.45) is 0 Å². The van der Waals surface area contributed by atoms with E-state index in [0.29, 0.717) is 12.8 Å². The summed E-state index contributed by atoms with van der Waals surface area (Å²) >= 11 is 0. The Hall–Kier alpha value is -1.80. The molecule has 0 aliphatic heterocycles. The highest BCUT2D eigenvalue weighted by molar-refractivity contribution is 8.24. The van der Waals surface area contributed by atoms with Crippen LogP contribution in [0.3, 0.4) is 0 Å². The van der Waals surface area contributed by atoms with E-state index >= 15 is 0 Å². The molecule has 0 radical (unpaired) electrons. The maximum atomic E-state index is 12.9. The second-order valence-electron chi connectivity index (χ2n) is 5.80. The highest BCUT2D eigenvalue weighted by Gasteiger charge is 2.64. The molecule has 164 valence electrons. The Morgan fingerprint density at radius 1 is 0.655 bits per heavy atom. The summed E-state index contributed by atoms with van der Waals surface area (Å²) in [5.41, 5.74) is 0. The summed E-state index contributed by atoms with van der Waals surface area (Å²) < 4.78 is 78.8. The smallest absolute Gasteiger partial charge is 0.209 e. The second kappa shape index (κ2) is 12.0. The van der Waals surface area contributed by atoms with Gasteiger partial charge in [-0.1, -0.05) is 32.6 Å². The predicted molar refractivity (Wildman–Crippen MR) is 104 cm³/mol. The van der Waals surface area contributed by atoms with Crippen molar-refractivity contribution in [2.45, 2.75) is 48.9 Å². The van der Waals surface area contributed by atoms with E-state index in [-0.39, 0.29) is 6.42 Å². The SMILES string of the molecule is CCCCCCCC(S(=O)(=O)NCC#N)(S(=O)(=O)NCC#N)S(=O)(=O)NCC#N. The van der Waals surface area contributed by atoms with Crippen LogP contribution in [0.15, 0.2) is 0 Å². The molecule has 0 atom stereocenters.